The fourth-order valence-corrected chi connectivity index (χ4v) is 3.56. The Morgan fingerprint density at radius 3 is 2.67 bits per heavy atom. The Balaban J connectivity index is 1.92. The predicted molar refractivity (Wildman–Crippen MR) is 97.0 cm³/mol. The van der Waals surface area contributed by atoms with E-state index in [-0.39, 0.29) is 0 Å². The second-order valence-electron chi connectivity index (χ2n) is 5.73. The predicted octanol–water partition coefficient (Wildman–Crippen LogP) is 3.54. The number of aryl methyl sites for hydroxylation is 3. The van der Waals surface area contributed by atoms with E-state index < -0.39 is 0 Å². The molecule has 0 saturated heterocycles. The minimum absolute atomic E-state index is 0.401. The Morgan fingerprint density at radius 2 is 1.96 bits per heavy atom. The van der Waals surface area contributed by atoms with Crippen LogP contribution in [-0.2, 0) is 6.54 Å². The number of imidazole rings is 1. The lowest BCUT2D eigenvalue weighted by Crippen LogP contribution is -2.08. The molecule has 0 amide bonds. The molecule has 0 unspecified atom stereocenters. The minimum atomic E-state index is 0.401. The molecular formula is C18H19N5S. The Bertz CT molecular complexity index is 857. The average Bonchev–Trinajstić information content (AvgIpc) is 2.93. The third kappa shape index (κ3) is 3.52. The maximum atomic E-state index is 5.97. The number of nitrogens with two attached hydrogens (primary N) is 1. The molecule has 2 aliphatic rings. The van der Waals surface area contributed by atoms with Crippen molar-refractivity contribution >= 4 is 17.6 Å². The molecule has 1 aromatic carbocycles. The first-order chi connectivity index (χ1) is 11.6. The smallest absolute Gasteiger partial charge is 0.195 e. The molecule has 24 heavy (non-hydrogen) atoms. The summed E-state index contributed by atoms with van der Waals surface area (Å²) < 4.78 is 1.96. The number of hydrogen-bond donors (Lipinski definition) is 1. The SMILES string of the molecule is C#CCCCn1cnc(N)c2nc(Sc3cc(C)cc(C)c3)nc1-2. The van der Waals surface area contributed by atoms with Crippen LogP contribution in [0.4, 0.5) is 5.82 Å². The second kappa shape index (κ2) is 6.93. The number of aromatic nitrogens is 4. The summed E-state index contributed by atoms with van der Waals surface area (Å²) in [5, 5.41) is 0.681. The summed E-state index contributed by atoms with van der Waals surface area (Å²) in [6, 6.07) is 6.40. The summed E-state index contributed by atoms with van der Waals surface area (Å²) in [6.07, 6.45) is 8.61. The monoisotopic (exact) mass is 337 g/mol. The van der Waals surface area contributed by atoms with E-state index in [1.807, 2.05) is 4.57 Å². The summed E-state index contributed by atoms with van der Waals surface area (Å²) in [5.74, 6) is 3.80. The molecule has 0 fully saturated rings. The molecule has 3 rings (SSSR count). The molecule has 1 aromatic rings. The summed E-state index contributed by atoms with van der Waals surface area (Å²) in [6.45, 7) is 4.92. The fraction of sp³-hybridized carbons (Fsp3) is 0.278. The van der Waals surface area contributed by atoms with Crippen molar-refractivity contribution in [2.75, 3.05) is 5.73 Å². The van der Waals surface area contributed by atoms with Gasteiger partial charge in [0.05, 0.1) is 6.33 Å². The van der Waals surface area contributed by atoms with E-state index in [1.54, 1.807) is 6.33 Å². The van der Waals surface area contributed by atoms with Crippen molar-refractivity contribution in [3.8, 4) is 23.9 Å². The molecule has 0 radical (unpaired) electrons. The standard InChI is InChI=1S/C18H19N5S/c1-4-5-6-7-23-11-20-16(19)15-17(23)22-18(21-15)24-14-9-12(2)8-13(3)10-14/h1,8-11H,5-7,19H2,2-3H3. The first kappa shape index (κ1) is 16.3. The van der Waals surface area contributed by atoms with Gasteiger partial charge in [0.25, 0.3) is 0 Å². The van der Waals surface area contributed by atoms with E-state index in [1.165, 1.54) is 22.9 Å². The van der Waals surface area contributed by atoms with E-state index in [9.17, 15) is 0 Å². The van der Waals surface area contributed by atoms with Crippen molar-refractivity contribution in [3.63, 3.8) is 0 Å². The van der Waals surface area contributed by atoms with Crippen molar-refractivity contribution in [3.05, 3.63) is 35.7 Å². The number of unbranched alkanes of at least 4 members (excludes halogenated alkanes) is 1. The molecule has 0 spiro atoms. The number of nitrogens with zero attached hydrogens (tertiary/aromatic N) is 4. The maximum absolute atomic E-state index is 5.97. The Morgan fingerprint density at radius 1 is 1.21 bits per heavy atom. The molecule has 122 valence electrons. The highest BCUT2D eigenvalue weighted by Gasteiger charge is 2.19. The van der Waals surface area contributed by atoms with Crippen LogP contribution in [0.25, 0.3) is 11.5 Å². The molecule has 0 aromatic heterocycles. The molecule has 0 atom stereocenters. The van der Waals surface area contributed by atoms with Gasteiger partial charge in [-0.05, 0) is 55.3 Å². The van der Waals surface area contributed by atoms with Gasteiger partial charge < -0.3 is 10.3 Å². The molecule has 0 aliphatic carbocycles. The lowest BCUT2D eigenvalue weighted by Gasteiger charge is -2.09. The molecule has 5 nitrogen and oxygen atoms in total. The van der Waals surface area contributed by atoms with E-state index in [2.05, 4.69) is 52.9 Å². The summed E-state index contributed by atoms with van der Waals surface area (Å²) in [4.78, 5) is 14.5. The van der Waals surface area contributed by atoms with E-state index in [4.69, 9.17) is 12.2 Å². The van der Waals surface area contributed by atoms with Gasteiger partial charge in [0.15, 0.2) is 22.5 Å². The van der Waals surface area contributed by atoms with E-state index in [0.29, 0.717) is 16.7 Å². The Labute approximate surface area is 146 Å². The molecule has 2 aliphatic heterocycles. The van der Waals surface area contributed by atoms with Crippen molar-refractivity contribution in [1.82, 2.24) is 19.5 Å². The van der Waals surface area contributed by atoms with Crippen molar-refractivity contribution < 1.29 is 0 Å². The quantitative estimate of drug-likeness (QED) is 0.569. The van der Waals surface area contributed by atoms with Crippen molar-refractivity contribution in [1.29, 1.82) is 0 Å². The number of nitrogen functional groups attached to an aromatic ring is 1. The number of anilines is 1. The van der Waals surface area contributed by atoms with Gasteiger partial charge in [-0.3, -0.25) is 0 Å². The van der Waals surface area contributed by atoms with Gasteiger partial charge in [0.1, 0.15) is 0 Å². The van der Waals surface area contributed by atoms with E-state index in [0.717, 1.165) is 30.1 Å². The van der Waals surface area contributed by atoms with Crippen LogP contribution in [0.2, 0.25) is 0 Å². The number of terminal acetylenes is 1. The van der Waals surface area contributed by atoms with Crippen LogP contribution in [0.3, 0.4) is 0 Å². The highest BCUT2D eigenvalue weighted by molar-refractivity contribution is 7.99. The van der Waals surface area contributed by atoms with Crippen molar-refractivity contribution in [2.24, 2.45) is 0 Å². The molecular weight excluding hydrogens is 318 g/mol. The van der Waals surface area contributed by atoms with Crippen LogP contribution in [0.5, 0.6) is 0 Å². The van der Waals surface area contributed by atoms with Crippen LogP contribution in [0.1, 0.15) is 24.0 Å². The van der Waals surface area contributed by atoms with E-state index >= 15 is 0 Å². The fourth-order valence-electron chi connectivity index (χ4n) is 2.59. The van der Waals surface area contributed by atoms with Crippen molar-refractivity contribution in [2.45, 2.75) is 43.3 Å². The lowest BCUT2D eigenvalue weighted by molar-refractivity contribution is 0.638. The normalized spacial score (nSPS) is 10.9. The lowest BCUT2D eigenvalue weighted by atomic mass is 10.2. The minimum Gasteiger partial charge on any atom is -0.382 e. The van der Waals surface area contributed by atoms with Crippen LogP contribution >= 0.6 is 11.8 Å². The van der Waals surface area contributed by atoms with Crippen LogP contribution in [0.15, 0.2) is 34.6 Å². The van der Waals surface area contributed by atoms with Gasteiger partial charge in [0, 0.05) is 17.9 Å². The highest BCUT2D eigenvalue weighted by atomic mass is 32.2. The summed E-state index contributed by atoms with van der Waals surface area (Å²) in [5.41, 5.74) is 9.05. The average molecular weight is 337 g/mol. The summed E-state index contributed by atoms with van der Waals surface area (Å²) >= 11 is 1.54. The second-order valence-corrected chi connectivity index (χ2v) is 6.78. The van der Waals surface area contributed by atoms with Gasteiger partial charge in [-0.25, -0.2) is 15.0 Å². The molecule has 2 heterocycles. The highest BCUT2D eigenvalue weighted by Crippen LogP contribution is 2.32. The van der Waals surface area contributed by atoms with Gasteiger partial charge >= 0.3 is 0 Å². The number of hydrogen-bond acceptors (Lipinski definition) is 5. The van der Waals surface area contributed by atoms with Gasteiger partial charge in [-0.15, -0.1) is 12.3 Å². The zero-order valence-electron chi connectivity index (χ0n) is 13.8. The summed E-state index contributed by atoms with van der Waals surface area (Å²) in [7, 11) is 0. The molecule has 0 saturated carbocycles. The largest absolute Gasteiger partial charge is 0.382 e. The molecule has 2 N–H and O–H groups in total. The first-order valence-electron chi connectivity index (χ1n) is 7.75. The van der Waals surface area contributed by atoms with Crippen LogP contribution in [0, 0.1) is 26.2 Å². The zero-order valence-corrected chi connectivity index (χ0v) is 14.6. The number of rotatable bonds is 5. The van der Waals surface area contributed by atoms with Gasteiger partial charge in [0.2, 0.25) is 0 Å². The topological polar surface area (TPSA) is 69.6 Å². The maximum Gasteiger partial charge on any atom is 0.195 e. The third-order valence-corrected chi connectivity index (χ3v) is 4.43. The molecule has 0 bridgehead atoms. The van der Waals surface area contributed by atoms with Gasteiger partial charge in [-0.1, -0.05) is 6.07 Å². The number of benzene rings is 1. The first-order valence-corrected chi connectivity index (χ1v) is 8.56. The Hall–Kier alpha value is -2.52. The van der Waals surface area contributed by atoms with Crippen LogP contribution in [-0.4, -0.2) is 19.5 Å². The van der Waals surface area contributed by atoms with Gasteiger partial charge in [-0.2, -0.15) is 0 Å². The molecule has 6 heteroatoms. The number of fused-ring (bicyclic) bond motifs is 1. The van der Waals surface area contributed by atoms with Crippen LogP contribution < -0.4 is 5.73 Å². The third-order valence-electron chi connectivity index (χ3n) is 3.60. The Kier molecular flexibility index (Phi) is 4.72. The zero-order chi connectivity index (χ0) is 17.1.